The second kappa shape index (κ2) is 11.3. The van der Waals surface area contributed by atoms with Crippen LogP contribution in [0, 0.1) is 17.5 Å². The molecule has 2 aromatic heterocycles. The Morgan fingerprint density at radius 3 is 2.29 bits per heavy atom. The molecule has 0 radical (unpaired) electrons. The van der Waals surface area contributed by atoms with Gasteiger partial charge in [0.1, 0.15) is 5.52 Å². The van der Waals surface area contributed by atoms with Gasteiger partial charge in [-0.2, -0.15) is 0 Å². The third kappa shape index (κ3) is 5.31. The zero-order valence-electron chi connectivity index (χ0n) is 21.7. The molecule has 0 atom stereocenters. The molecular weight excluding hydrogens is 563 g/mol. The number of hydrogen-bond donors (Lipinski definition) is 1. The fraction of sp³-hybridized carbons (Fsp3) is 0.143. The Bertz CT molecular complexity index is 1800. The molecule has 0 aliphatic rings. The lowest BCUT2D eigenvalue weighted by atomic mass is 10.0. The SMILES string of the molecule is COc1cc(-c2cc(C(=O)OCC(=O)Nc3nc4c(F)c(F)c(F)cc4s3)c3ccccc3n2)cc(OC)c1OC. The predicted molar refractivity (Wildman–Crippen MR) is 145 cm³/mol. The molecule has 2 heterocycles. The standard InChI is InChI=1S/C28H20F3N3O6S/c1-37-19-8-13(9-20(38-2)26(19)39-3)18-10-15(14-6-4-5-7-17(14)32-18)27(36)40-12-22(35)33-28-34-25-21(41-28)11-16(29)23(30)24(25)31/h4-11H,12H2,1-3H3,(H,33,34,35). The van der Waals surface area contributed by atoms with Crippen molar-refractivity contribution in [3.05, 3.63) is 71.5 Å². The van der Waals surface area contributed by atoms with E-state index in [1.54, 1.807) is 36.4 Å². The number of carbonyl (C=O) groups excluding carboxylic acids is 2. The summed E-state index contributed by atoms with van der Waals surface area (Å²) in [5, 5.41) is 2.71. The number of aromatic nitrogens is 2. The van der Waals surface area contributed by atoms with E-state index in [0.717, 1.165) is 17.4 Å². The van der Waals surface area contributed by atoms with E-state index >= 15 is 0 Å². The van der Waals surface area contributed by atoms with Crippen LogP contribution in [0.2, 0.25) is 0 Å². The van der Waals surface area contributed by atoms with E-state index in [-0.39, 0.29) is 15.4 Å². The van der Waals surface area contributed by atoms with Gasteiger partial charge < -0.3 is 18.9 Å². The minimum absolute atomic E-state index is 0.00345. The Hall–Kier alpha value is -4.91. The number of esters is 1. The smallest absolute Gasteiger partial charge is 0.339 e. The van der Waals surface area contributed by atoms with Gasteiger partial charge in [-0.15, -0.1) is 0 Å². The highest BCUT2D eigenvalue weighted by atomic mass is 32.1. The number of rotatable bonds is 8. The Balaban J connectivity index is 1.40. The Labute approximate surface area is 234 Å². The average molecular weight is 584 g/mol. The second-order valence-corrected chi connectivity index (χ2v) is 9.49. The van der Waals surface area contributed by atoms with Gasteiger partial charge >= 0.3 is 5.97 Å². The zero-order valence-corrected chi connectivity index (χ0v) is 22.5. The molecule has 0 saturated carbocycles. The molecule has 5 aromatic rings. The number of pyridine rings is 1. The number of para-hydroxylation sites is 1. The van der Waals surface area contributed by atoms with Crippen molar-refractivity contribution in [1.29, 1.82) is 0 Å². The highest BCUT2D eigenvalue weighted by molar-refractivity contribution is 7.22. The van der Waals surface area contributed by atoms with E-state index in [2.05, 4.69) is 15.3 Å². The van der Waals surface area contributed by atoms with E-state index in [0.29, 0.717) is 39.4 Å². The van der Waals surface area contributed by atoms with E-state index in [1.165, 1.54) is 27.4 Å². The van der Waals surface area contributed by atoms with Crippen molar-refractivity contribution in [3.8, 4) is 28.5 Å². The molecule has 9 nitrogen and oxygen atoms in total. The van der Waals surface area contributed by atoms with Gasteiger partial charge in [-0.3, -0.25) is 10.1 Å². The third-order valence-electron chi connectivity index (χ3n) is 6.00. The summed E-state index contributed by atoms with van der Waals surface area (Å²) >= 11 is 0.735. The van der Waals surface area contributed by atoms with E-state index < -0.39 is 41.5 Å². The first-order valence-corrected chi connectivity index (χ1v) is 12.7. The number of ether oxygens (including phenoxy) is 4. The lowest BCUT2D eigenvalue weighted by Crippen LogP contribution is -2.21. The van der Waals surface area contributed by atoms with Crippen molar-refractivity contribution in [2.24, 2.45) is 0 Å². The molecule has 1 amide bonds. The second-order valence-electron chi connectivity index (χ2n) is 8.46. The molecular formula is C28H20F3N3O6S. The summed E-state index contributed by atoms with van der Waals surface area (Å²) in [4.78, 5) is 34.1. The quantitative estimate of drug-likeness (QED) is 0.182. The highest BCUT2D eigenvalue weighted by Gasteiger charge is 2.21. The van der Waals surface area contributed by atoms with Crippen LogP contribution in [0.15, 0.2) is 48.5 Å². The first kappa shape index (κ1) is 27.6. The Kier molecular flexibility index (Phi) is 7.62. The number of amides is 1. The minimum atomic E-state index is -1.66. The number of nitrogens with one attached hydrogen (secondary N) is 1. The Morgan fingerprint density at radius 2 is 1.61 bits per heavy atom. The molecule has 13 heteroatoms. The molecule has 0 aliphatic carbocycles. The molecule has 5 rings (SSSR count). The molecule has 3 aromatic carbocycles. The van der Waals surface area contributed by atoms with Gasteiger partial charge in [0.15, 0.2) is 40.7 Å². The van der Waals surface area contributed by atoms with Crippen LogP contribution < -0.4 is 19.5 Å². The summed E-state index contributed by atoms with van der Waals surface area (Å²) in [5.41, 5.74) is 1.17. The van der Waals surface area contributed by atoms with Gasteiger partial charge in [0.2, 0.25) is 5.75 Å². The third-order valence-corrected chi connectivity index (χ3v) is 6.92. The maximum Gasteiger partial charge on any atom is 0.339 e. The lowest BCUT2D eigenvalue weighted by molar-refractivity contribution is -0.119. The van der Waals surface area contributed by atoms with E-state index in [1.807, 2.05) is 0 Å². The molecule has 0 aliphatic heterocycles. The van der Waals surface area contributed by atoms with Crippen molar-refractivity contribution >= 4 is 49.5 Å². The number of nitrogens with zero attached hydrogens (tertiary/aromatic N) is 2. The normalized spacial score (nSPS) is 11.0. The van der Waals surface area contributed by atoms with E-state index in [4.69, 9.17) is 18.9 Å². The number of benzene rings is 3. The number of hydrogen-bond acceptors (Lipinski definition) is 9. The largest absolute Gasteiger partial charge is 0.493 e. The van der Waals surface area contributed by atoms with Crippen LogP contribution in [0.5, 0.6) is 17.2 Å². The number of thiazole rings is 1. The molecule has 41 heavy (non-hydrogen) atoms. The first-order chi connectivity index (χ1) is 19.7. The van der Waals surface area contributed by atoms with Crippen LogP contribution in [0.4, 0.5) is 18.3 Å². The van der Waals surface area contributed by atoms with Gasteiger partial charge in [0.05, 0.1) is 42.8 Å². The molecule has 0 spiro atoms. The van der Waals surface area contributed by atoms with Crippen LogP contribution in [-0.4, -0.2) is 49.8 Å². The van der Waals surface area contributed by atoms with Gasteiger partial charge in [-0.25, -0.2) is 27.9 Å². The fourth-order valence-corrected chi connectivity index (χ4v) is 5.02. The van der Waals surface area contributed by atoms with Gasteiger partial charge in [-0.1, -0.05) is 29.5 Å². The van der Waals surface area contributed by atoms with Crippen LogP contribution in [0.1, 0.15) is 10.4 Å². The van der Waals surface area contributed by atoms with Crippen LogP contribution in [0.25, 0.3) is 32.4 Å². The topological polar surface area (TPSA) is 109 Å². The van der Waals surface area contributed by atoms with Crippen LogP contribution >= 0.6 is 11.3 Å². The molecule has 0 fully saturated rings. The van der Waals surface area contributed by atoms with Crippen molar-refractivity contribution in [2.75, 3.05) is 33.3 Å². The summed E-state index contributed by atoms with van der Waals surface area (Å²) in [6.45, 7) is -0.712. The maximum absolute atomic E-state index is 14.0. The average Bonchev–Trinajstić information content (AvgIpc) is 3.39. The summed E-state index contributed by atoms with van der Waals surface area (Å²) in [5.74, 6) is -4.94. The van der Waals surface area contributed by atoms with E-state index in [9.17, 15) is 22.8 Å². The van der Waals surface area contributed by atoms with Crippen LogP contribution in [0.3, 0.4) is 0 Å². The van der Waals surface area contributed by atoms with Crippen molar-refractivity contribution in [2.45, 2.75) is 0 Å². The predicted octanol–water partition coefficient (Wildman–Crippen LogP) is 5.75. The molecule has 0 bridgehead atoms. The Morgan fingerprint density at radius 1 is 0.902 bits per heavy atom. The highest BCUT2D eigenvalue weighted by Crippen LogP contribution is 2.41. The van der Waals surface area contributed by atoms with Crippen molar-refractivity contribution < 1.29 is 41.7 Å². The molecule has 1 N–H and O–H groups in total. The lowest BCUT2D eigenvalue weighted by Gasteiger charge is -2.15. The zero-order chi connectivity index (χ0) is 29.3. The van der Waals surface area contributed by atoms with Gasteiger partial charge in [0, 0.05) is 10.9 Å². The van der Waals surface area contributed by atoms with Crippen molar-refractivity contribution in [1.82, 2.24) is 9.97 Å². The summed E-state index contributed by atoms with van der Waals surface area (Å²) in [7, 11) is 4.43. The molecule has 0 unspecified atom stereocenters. The number of carbonyl (C=O) groups is 2. The minimum Gasteiger partial charge on any atom is -0.493 e. The van der Waals surface area contributed by atoms with Crippen LogP contribution in [-0.2, 0) is 9.53 Å². The number of anilines is 1. The number of fused-ring (bicyclic) bond motifs is 2. The molecule has 0 saturated heterocycles. The summed E-state index contributed by atoms with van der Waals surface area (Å²) < 4.78 is 62.5. The summed E-state index contributed by atoms with van der Waals surface area (Å²) in [6, 6.07) is 12.5. The number of halogens is 3. The first-order valence-electron chi connectivity index (χ1n) is 11.8. The van der Waals surface area contributed by atoms with Gasteiger partial charge in [0.25, 0.3) is 5.91 Å². The maximum atomic E-state index is 14.0. The number of methoxy groups -OCH3 is 3. The fourth-order valence-electron chi connectivity index (χ4n) is 4.11. The molecule has 210 valence electrons. The summed E-state index contributed by atoms with van der Waals surface area (Å²) in [6.07, 6.45) is 0. The van der Waals surface area contributed by atoms with Gasteiger partial charge in [-0.05, 0) is 30.3 Å². The van der Waals surface area contributed by atoms with Crippen molar-refractivity contribution in [3.63, 3.8) is 0 Å². The monoisotopic (exact) mass is 583 g/mol.